The molecule has 0 spiro atoms. The summed E-state index contributed by atoms with van der Waals surface area (Å²) in [7, 11) is -2.56. The minimum absolute atomic E-state index is 0.0771. The zero-order valence-corrected chi connectivity index (χ0v) is 16.4. The summed E-state index contributed by atoms with van der Waals surface area (Å²) >= 11 is 0. The van der Waals surface area contributed by atoms with Crippen LogP contribution in [0.2, 0.25) is 0 Å². The van der Waals surface area contributed by atoms with Crippen molar-refractivity contribution in [1.29, 1.82) is 0 Å². The Hall–Kier alpha value is -1.93. The normalized spacial score (nSPS) is 18.5. The van der Waals surface area contributed by atoms with E-state index < -0.39 is 27.9 Å². The van der Waals surface area contributed by atoms with Crippen molar-refractivity contribution < 1.29 is 22.7 Å². The second kappa shape index (κ2) is 7.75. The number of esters is 1. The summed E-state index contributed by atoms with van der Waals surface area (Å²) in [5.41, 5.74) is 0.955. The van der Waals surface area contributed by atoms with Crippen LogP contribution in [-0.2, 0) is 29.8 Å². The number of methoxy groups -OCH3 is 1. The minimum Gasteiger partial charge on any atom is -0.468 e. The second-order valence-electron chi connectivity index (χ2n) is 7.34. The Morgan fingerprint density at radius 2 is 1.85 bits per heavy atom. The summed E-state index contributed by atoms with van der Waals surface area (Å²) in [5, 5.41) is 2.44. The Kier molecular flexibility index (Phi) is 6.08. The Bertz CT molecular complexity index is 766. The van der Waals surface area contributed by atoms with Crippen LogP contribution in [0.25, 0.3) is 0 Å². The first-order valence-electron chi connectivity index (χ1n) is 8.54. The summed E-state index contributed by atoms with van der Waals surface area (Å²) in [4.78, 5) is 23.7. The number of nitrogens with zero attached hydrogens (tertiary/aromatic N) is 1. The van der Waals surface area contributed by atoms with Gasteiger partial charge < -0.3 is 10.1 Å². The van der Waals surface area contributed by atoms with Gasteiger partial charge in [-0.25, -0.2) is 8.42 Å². The van der Waals surface area contributed by atoms with E-state index in [9.17, 15) is 18.0 Å². The van der Waals surface area contributed by atoms with E-state index in [-0.39, 0.29) is 23.4 Å². The maximum absolute atomic E-state index is 13.0. The number of sulfonamides is 1. The fraction of sp³-hybridized carbons (Fsp3) is 0.556. The number of hydrogen-bond acceptors (Lipinski definition) is 5. The largest absolute Gasteiger partial charge is 0.468 e. The summed E-state index contributed by atoms with van der Waals surface area (Å²) < 4.78 is 31.6. The van der Waals surface area contributed by atoms with Gasteiger partial charge in [0.15, 0.2) is 0 Å². The molecule has 1 unspecified atom stereocenters. The van der Waals surface area contributed by atoms with E-state index in [4.69, 9.17) is 0 Å². The van der Waals surface area contributed by atoms with Gasteiger partial charge in [-0.15, -0.1) is 0 Å². The van der Waals surface area contributed by atoms with Crippen LogP contribution in [0.4, 0.5) is 0 Å². The predicted molar refractivity (Wildman–Crippen MR) is 97.1 cm³/mol. The summed E-state index contributed by atoms with van der Waals surface area (Å²) in [6.45, 7) is 6.16. The molecular formula is C18H26N2O5S. The van der Waals surface area contributed by atoms with Crippen LogP contribution in [-0.4, -0.2) is 50.8 Å². The zero-order chi connectivity index (χ0) is 19.5. The van der Waals surface area contributed by atoms with Crippen LogP contribution in [0.1, 0.15) is 39.2 Å². The topological polar surface area (TPSA) is 92.8 Å². The SMILES string of the molecule is COC(=O)CNC(=O)C1CCCN1S(=O)(=O)c1ccc(C(C)(C)C)cc1. The quantitative estimate of drug-likeness (QED) is 0.778. The lowest BCUT2D eigenvalue weighted by Gasteiger charge is -2.24. The smallest absolute Gasteiger partial charge is 0.325 e. The first kappa shape index (κ1) is 20.4. The number of hydrogen-bond donors (Lipinski definition) is 1. The number of carbonyl (C=O) groups is 2. The van der Waals surface area contributed by atoms with E-state index >= 15 is 0 Å². The molecule has 1 aliphatic rings. The minimum atomic E-state index is -3.78. The fourth-order valence-electron chi connectivity index (χ4n) is 2.90. The van der Waals surface area contributed by atoms with Gasteiger partial charge in [-0.2, -0.15) is 4.31 Å². The highest BCUT2D eigenvalue weighted by molar-refractivity contribution is 7.89. The Balaban J connectivity index is 2.19. The van der Waals surface area contributed by atoms with Crippen LogP contribution in [0.3, 0.4) is 0 Å². The molecule has 0 saturated carbocycles. The lowest BCUT2D eigenvalue weighted by Crippen LogP contribution is -2.47. The number of carbonyl (C=O) groups excluding carboxylic acids is 2. The Morgan fingerprint density at radius 1 is 1.23 bits per heavy atom. The molecular weight excluding hydrogens is 356 g/mol. The molecule has 1 amide bonds. The third-order valence-electron chi connectivity index (χ3n) is 4.47. The molecule has 8 heteroatoms. The highest BCUT2D eigenvalue weighted by atomic mass is 32.2. The van der Waals surface area contributed by atoms with Gasteiger partial charge >= 0.3 is 5.97 Å². The van der Waals surface area contributed by atoms with Crippen LogP contribution >= 0.6 is 0 Å². The van der Waals surface area contributed by atoms with Gasteiger partial charge in [-0.3, -0.25) is 9.59 Å². The highest BCUT2D eigenvalue weighted by Gasteiger charge is 2.39. The van der Waals surface area contributed by atoms with Crippen molar-refractivity contribution in [2.75, 3.05) is 20.2 Å². The molecule has 2 rings (SSSR count). The van der Waals surface area contributed by atoms with Crippen LogP contribution < -0.4 is 5.32 Å². The molecule has 1 saturated heterocycles. The van der Waals surface area contributed by atoms with E-state index in [1.54, 1.807) is 24.3 Å². The van der Waals surface area contributed by atoms with E-state index in [1.165, 1.54) is 11.4 Å². The maximum atomic E-state index is 13.0. The molecule has 1 N–H and O–H groups in total. The Morgan fingerprint density at radius 3 is 2.38 bits per heavy atom. The van der Waals surface area contributed by atoms with Crippen LogP contribution in [0.15, 0.2) is 29.2 Å². The summed E-state index contributed by atoms with van der Waals surface area (Å²) in [5.74, 6) is -1.06. The zero-order valence-electron chi connectivity index (χ0n) is 15.6. The van der Waals surface area contributed by atoms with Gasteiger partial charge in [0.25, 0.3) is 0 Å². The van der Waals surface area contributed by atoms with Gasteiger partial charge in [-0.1, -0.05) is 32.9 Å². The number of ether oxygens (including phenoxy) is 1. The van der Waals surface area contributed by atoms with E-state index in [2.05, 4.69) is 30.8 Å². The first-order chi connectivity index (χ1) is 12.1. The van der Waals surface area contributed by atoms with Crippen molar-refractivity contribution in [3.8, 4) is 0 Å². The molecule has 1 aromatic carbocycles. The molecule has 0 bridgehead atoms. The molecule has 0 radical (unpaired) electrons. The van der Waals surface area contributed by atoms with Gasteiger partial charge in [0, 0.05) is 6.54 Å². The van der Waals surface area contributed by atoms with Crippen molar-refractivity contribution in [1.82, 2.24) is 9.62 Å². The monoisotopic (exact) mass is 382 g/mol. The standard InChI is InChI=1S/C18H26N2O5S/c1-18(2,3)13-7-9-14(10-8-13)26(23,24)20-11-5-6-15(20)17(22)19-12-16(21)25-4/h7-10,15H,5-6,11-12H2,1-4H3,(H,19,22). The van der Waals surface area contributed by atoms with E-state index in [0.29, 0.717) is 12.8 Å². The van der Waals surface area contributed by atoms with Gasteiger partial charge in [-0.05, 0) is 36.0 Å². The average molecular weight is 382 g/mol. The third kappa shape index (κ3) is 4.42. The highest BCUT2D eigenvalue weighted by Crippen LogP contribution is 2.28. The summed E-state index contributed by atoms with van der Waals surface area (Å²) in [6.07, 6.45) is 1.02. The maximum Gasteiger partial charge on any atom is 0.325 e. The molecule has 7 nitrogen and oxygen atoms in total. The van der Waals surface area contributed by atoms with Crippen molar-refractivity contribution in [2.24, 2.45) is 0 Å². The lowest BCUT2D eigenvalue weighted by molar-refractivity contribution is -0.141. The first-order valence-corrected chi connectivity index (χ1v) is 9.98. The lowest BCUT2D eigenvalue weighted by atomic mass is 9.87. The van der Waals surface area contributed by atoms with Crippen molar-refractivity contribution >= 4 is 21.9 Å². The number of amides is 1. The molecule has 1 atom stereocenters. The van der Waals surface area contributed by atoms with E-state index in [1.807, 2.05) is 0 Å². The molecule has 1 aromatic rings. The third-order valence-corrected chi connectivity index (χ3v) is 6.39. The van der Waals surface area contributed by atoms with E-state index in [0.717, 1.165) is 5.56 Å². The molecule has 26 heavy (non-hydrogen) atoms. The Labute approximate surface area is 154 Å². The van der Waals surface area contributed by atoms with Crippen LogP contribution in [0.5, 0.6) is 0 Å². The molecule has 1 heterocycles. The number of nitrogens with one attached hydrogen (secondary N) is 1. The predicted octanol–water partition coefficient (Wildman–Crippen LogP) is 1.43. The molecule has 1 fully saturated rings. The van der Waals surface area contributed by atoms with Crippen molar-refractivity contribution in [3.63, 3.8) is 0 Å². The van der Waals surface area contributed by atoms with Gasteiger partial charge in [0.1, 0.15) is 12.6 Å². The average Bonchev–Trinajstić information content (AvgIpc) is 3.09. The van der Waals surface area contributed by atoms with Gasteiger partial charge in [0.05, 0.1) is 12.0 Å². The molecule has 144 valence electrons. The fourth-order valence-corrected chi connectivity index (χ4v) is 4.56. The molecule has 0 aromatic heterocycles. The number of benzene rings is 1. The van der Waals surface area contributed by atoms with Crippen molar-refractivity contribution in [3.05, 3.63) is 29.8 Å². The van der Waals surface area contributed by atoms with Gasteiger partial charge in [0.2, 0.25) is 15.9 Å². The summed E-state index contributed by atoms with van der Waals surface area (Å²) in [6, 6.07) is 5.95. The second-order valence-corrected chi connectivity index (χ2v) is 9.23. The molecule has 0 aliphatic carbocycles. The van der Waals surface area contributed by atoms with Crippen LogP contribution in [0, 0.1) is 0 Å². The number of rotatable bonds is 5. The molecule has 1 aliphatic heterocycles. The van der Waals surface area contributed by atoms with Crippen molar-refractivity contribution in [2.45, 2.75) is 50.0 Å².